The molecule has 0 spiro atoms. The zero-order valence-electron chi connectivity index (χ0n) is 20.8. The number of carbonyl (C=O) groups is 1. The summed E-state index contributed by atoms with van der Waals surface area (Å²) >= 11 is 5.17. The van der Waals surface area contributed by atoms with Gasteiger partial charge in [0, 0.05) is 17.8 Å². The van der Waals surface area contributed by atoms with Crippen LogP contribution in [0.2, 0.25) is 0 Å². The van der Waals surface area contributed by atoms with E-state index in [9.17, 15) is 13.2 Å². The highest BCUT2D eigenvalue weighted by Crippen LogP contribution is 2.28. The molecule has 3 N–H and O–H groups in total. The van der Waals surface area contributed by atoms with Crippen LogP contribution in [0.3, 0.4) is 0 Å². The van der Waals surface area contributed by atoms with Crippen molar-refractivity contribution in [3.05, 3.63) is 60.2 Å². The number of nitrogens with one attached hydrogen (secondary N) is 3. The van der Waals surface area contributed by atoms with Crippen molar-refractivity contribution in [2.45, 2.75) is 4.90 Å². The van der Waals surface area contributed by atoms with Crippen LogP contribution in [0.25, 0.3) is 6.08 Å². The third-order valence-electron chi connectivity index (χ3n) is 4.81. The maximum absolute atomic E-state index is 12.8. The minimum atomic E-state index is -3.98. The van der Waals surface area contributed by atoms with Crippen LogP contribution >= 0.6 is 12.2 Å². The van der Waals surface area contributed by atoms with Crippen LogP contribution in [-0.4, -0.2) is 57.8 Å². The molecular formula is C24H25N5O7S2. The average Bonchev–Trinajstić information content (AvgIpc) is 2.91. The van der Waals surface area contributed by atoms with Gasteiger partial charge in [-0.15, -0.1) is 0 Å². The highest BCUT2D eigenvalue weighted by atomic mass is 32.2. The maximum atomic E-state index is 12.8. The first-order chi connectivity index (χ1) is 18.2. The second-order valence-electron chi connectivity index (χ2n) is 7.30. The number of nitrogens with zero attached hydrogens (tertiary/aromatic N) is 2. The second kappa shape index (κ2) is 12.7. The summed E-state index contributed by atoms with van der Waals surface area (Å²) in [5.41, 5.74) is 1.18. The average molecular weight is 560 g/mol. The highest BCUT2D eigenvalue weighted by Gasteiger charge is 2.17. The Balaban J connectivity index is 1.60. The summed E-state index contributed by atoms with van der Waals surface area (Å²) < 4.78 is 48.3. The van der Waals surface area contributed by atoms with Crippen molar-refractivity contribution in [1.82, 2.24) is 15.3 Å². The number of hydrogen-bond acceptors (Lipinski definition) is 10. The van der Waals surface area contributed by atoms with E-state index >= 15 is 0 Å². The molecule has 0 aliphatic heterocycles. The van der Waals surface area contributed by atoms with Crippen molar-refractivity contribution in [2.75, 3.05) is 38.5 Å². The fourth-order valence-electron chi connectivity index (χ4n) is 3.01. The fraction of sp³-hybridized carbons (Fsp3) is 0.167. The van der Waals surface area contributed by atoms with Crippen LogP contribution in [0, 0.1) is 0 Å². The second-order valence-corrected chi connectivity index (χ2v) is 9.39. The Morgan fingerprint density at radius 1 is 0.895 bits per heavy atom. The van der Waals surface area contributed by atoms with Gasteiger partial charge in [0.15, 0.2) is 22.4 Å². The van der Waals surface area contributed by atoms with Crippen molar-refractivity contribution in [2.24, 2.45) is 0 Å². The van der Waals surface area contributed by atoms with Crippen molar-refractivity contribution in [3.63, 3.8) is 0 Å². The summed E-state index contributed by atoms with van der Waals surface area (Å²) in [5.74, 6) is 0.744. The van der Waals surface area contributed by atoms with Crippen LogP contribution in [0.4, 0.5) is 11.5 Å². The zero-order valence-corrected chi connectivity index (χ0v) is 22.5. The number of anilines is 2. The van der Waals surface area contributed by atoms with Gasteiger partial charge in [0.1, 0.15) is 0 Å². The Bertz CT molecular complexity index is 1420. The molecule has 1 aromatic heterocycles. The van der Waals surface area contributed by atoms with E-state index < -0.39 is 15.9 Å². The number of aromatic nitrogens is 2. The lowest BCUT2D eigenvalue weighted by atomic mass is 10.2. The normalized spacial score (nSPS) is 10.9. The molecule has 0 saturated heterocycles. The molecule has 3 rings (SSSR count). The van der Waals surface area contributed by atoms with Gasteiger partial charge in [-0.2, -0.15) is 9.97 Å². The lowest BCUT2D eigenvalue weighted by molar-refractivity contribution is -0.115. The van der Waals surface area contributed by atoms with Crippen molar-refractivity contribution in [3.8, 4) is 23.4 Å². The van der Waals surface area contributed by atoms with Gasteiger partial charge in [-0.25, -0.2) is 8.42 Å². The Labute approximate surface area is 225 Å². The van der Waals surface area contributed by atoms with Crippen LogP contribution < -0.4 is 34.3 Å². The molecule has 0 aliphatic carbocycles. The van der Waals surface area contributed by atoms with E-state index in [1.165, 1.54) is 64.8 Å². The van der Waals surface area contributed by atoms with E-state index in [-0.39, 0.29) is 27.7 Å². The molecule has 0 radical (unpaired) electrons. The molecular weight excluding hydrogens is 534 g/mol. The number of ether oxygens (including phenoxy) is 4. The van der Waals surface area contributed by atoms with Gasteiger partial charge in [-0.05, 0) is 60.3 Å². The van der Waals surface area contributed by atoms with E-state index in [0.717, 1.165) is 5.56 Å². The minimum Gasteiger partial charge on any atom is -0.493 e. The number of benzene rings is 2. The molecule has 0 fully saturated rings. The largest absolute Gasteiger partial charge is 0.493 e. The first-order valence-corrected chi connectivity index (χ1v) is 12.7. The van der Waals surface area contributed by atoms with Gasteiger partial charge in [-0.3, -0.25) is 14.8 Å². The number of rotatable bonds is 10. The summed E-state index contributed by atoms with van der Waals surface area (Å²) in [7, 11) is 1.81. The maximum Gasteiger partial charge on any atom is 0.321 e. The standard InChI is InChI=1S/C24H25N5O7S2/c1-33-18-11-5-15(13-19(18)34-2)6-12-21(30)27-24(37)25-16-7-9-17(10-8-16)38(31,32)29-20-14-22(35-3)28-23(26-20)36-4/h5-14H,1-4H3,(H,26,28,29)(H2,25,27,30,37)/b12-6+. The predicted octanol–water partition coefficient (Wildman–Crippen LogP) is 2.84. The van der Waals surface area contributed by atoms with Crippen molar-refractivity contribution in [1.29, 1.82) is 0 Å². The highest BCUT2D eigenvalue weighted by molar-refractivity contribution is 7.92. The molecule has 1 amide bonds. The summed E-state index contributed by atoms with van der Waals surface area (Å²) in [5, 5.41) is 5.37. The molecule has 0 saturated carbocycles. The predicted molar refractivity (Wildman–Crippen MR) is 145 cm³/mol. The van der Waals surface area contributed by atoms with E-state index in [1.54, 1.807) is 24.3 Å². The Morgan fingerprint density at radius 2 is 1.61 bits per heavy atom. The van der Waals surface area contributed by atoms with E-state index in [0.29, 0.717) is 17.2 Å². The van der Waals surface area contributed by atoms with Gasteiger partial charge >= 0.3 is 6.01 Å². The van der Waals surface area contributed by atoms with Crippen LogP contribution in [0.1, 0.15) is 5.56 Å². The van der Waals surface area contributed by atoms with Gasteiger partial charge in [0.2, 0.25) is 11.8 Å². The molecule has 0 atom stereocenters. The number of thiocarbonyl (C=S) groups is 1. The Morgan fingerprint density at radius 3 is 2.24 bits per heavy atom. The van der Waals surface area contributed by atoms with Gasteiger partial charge in [0.25, 0.3) is 10.0 Å². The third-order valence-corrected chi connectivity index (χ3v) is 6.38. The molecule has 12 nitrogen and oxygen atoms in total. The molecule has 0 bridgehead atoms. The molecule has 0 aliphatic rings. The van der Waals surface area contributed by atoms with Crippen molar-refractivity contribution < 1.29 is 32.2 Å². The summed E-state index contributed by atoms with van der Waals surface area (Å²) in [4.78, 5) is 20.1. The summed E-state index contributed by atoms with van der Waals surface area (Å²) in [6, 6.07) is 12.2. The molecule has 38 heavy (non-hydrogen) atoms. The van der Waals surface area contributed by atoms with Gasteiger partial charge in [-0.1, -0.05) is 6.07 Å². The summed E-state index contributed by atoms with van der Waals surface area (Å²) in [6.07, 6.45) is 2.91. The molecule has 200 valence electrons. The lowest BCUT2D eigenvalue weighted by Crippen LogP contribution is -2.32. The first kappa shape index (κ1) is 28.1. The minimum absolute atomic E-state index is 0.0269. The number of methoxy groups -OCH3 is 4. The van der Waals surface area contributed by atoms with Crippen LogP contribution in [0.15, 0.2) is 59.5 Å². The first-order valence-electron chi connectivity index (χ1n) is 10.8. The SMILES string of the molecule is COc1cc(NS(=O)(=O)c2ccc(NC(=S)NC(=O)/C=C/c3ccc(OC)c(OC)c3)cc2)nc(OC)n1. The Kier molecular flexibility index (Phi) is 9.40. The smallest absolute Gasteiger partial charge is 0.321 e. The summed E-state index contributed by atoms with van der Waals surface area (Å²) in [6.45, 7) is 0. The van der Waals surface area contributed by atoms with Crippen LogP contribution in [0.5, 0.6) is 23.4 Å². The Hall–Kier alpha value is -4.43. The fourth-order valence-corrected chi connectivity index (χ4v) is 4.22. The monoisotopic (exact) mass is 559 g/mol. The number of carbonyl (C=O) groups excluding carboxylic acids is 1. The quantitative estimate of drug-likeness (QED) is 0.249. The molecule has 14 heteroatoms. The zero-order chi connectivity index (χ0) is 27.7. The number of sulfonamides is 1. The van der Waals surface area contributed by atoms with E-state index in [1.807, 2.05) is 0 Å². The van der Waals surface area contributed by atoms with Crippen LogP contribution in [-0.2, 0) is 14.8 Å². The number of amides is 1. The number of hydrogen-bond donors (Lipinski definition) is 3. The molecule has 2 aromatic carbocycles. The lowest BCUT2D eigenvalue weighted by Gasteiger charge is -2.11. The van der Waals surface area contributed by atoms with E-state index in [2.05, 4.69) is 25.3 Å². The third kappa shape index (κ3) is 7.54. The molecule has 3 aromatic rings. The van der Waals surface area contributed by atoms with Crippen molar-refractivity contribution >= 4 is 50.8 Å². The molecule has 0 unspecified atom stereocenters. The van der Waals surface area contributed by atoms with Gasteiger partial charge < -0.3 is 24.3 Å². The van der Waals surface area contributed by atoms with E-state index in [4.69, 9.17) is 31.2 Å². The topological polar surface area (TPSA) is 150 Å². The molecule has 1 heterocycles. The van der Waals surface area contributed by atoms with Gasteiger partial charge in [0.05, 0.1) is 33.3 Å².